The van der Waals surface area contributed by atoms with Crippen LogP contribution >= 0.6 is 0 Å². The van der Waals surface area contributed by atoms with E-state index >= 15 is 0 Å². The monoisotopic (exact) mass is 309 g/mol. The van der Waals surface area contributed by atoms with Crippen molar-refractivity contribution < 1.29 is 0 Å². The molecule has 0 aliphatic carbocycles. The number of aromatic nitrogens is 1. The fourth-order valence-corrected chi connectivity index (χ4v) is 4.10. The van der Waals surface area contributed by atoms with E-state index in [4.69, 9.17) is 0 Å². The van der Waals surface area contributed by atoms with Crippen molar-refractivity contribution in [2.45, 2.75) is 31.7 Å². The van der Waals surface area contributed by atoms with Gasteiger partial charge in [0, 0.05) is 36.2 Å². The summed E-state index contributed by atoms with van der Waals surface area (Å²) < 4.78 is 0. The highest BCUT2D eigenvalue weighted by Gasteiger charge is 2.27. The van der Waals surface area contributed by atoms with E-state index in [2.05, 4.69) is 59.4 Å². The maximum absolute atomic E-state index is 3.43. The molecular formula is C20H27N3. The van der Waals surface area contributed by atoms with Crippen molar-refractivity contribution in [1.29, 1.82) is 0 Å². The first-order chi connectivity index (χ1) is 11.2. The van der Waals surface area contributed by atoms with Gasteiger partial charge < -0.3 is 9.88 Å². The van der Waals surface area contributed by atoms with Gasteiger partial charge in [0.05, 0.1) is 0 Å². The van der Waals surface area contributed by atoms with E-state index in [-0.39, 0.29) is 0 Å². The Morgan fingerprint density at radius 1 is 1.30 bits per heavy atom. The Kier molecular flexibility index (Phi) is 4.00. The first-order valence-electron chi connectivity index (χ1n) is 8.89. The molecule has 3 nitrogen and oxygen atoms in total. The molecule has 0 bridgehead atoms. The Bertz CT molecular complexity index is 726. The highest BCUT2D eigenvalue weighted by Crippen LogP contribution is 2.33. The summed E-state index contributed by atoms with van der Waals surface area (Å²) in [4.78, 5) is 8.32. The number of hydrogen-bond acceptors (Lipinski definition) is 2. The zero-order valence-electron chi connectivity index (χ0n) is 14.3. The van der Waals surface area contributed by atoms with Crippen LogP contribution in [0, 0.1) is 0 Å². The lowest BCUT2D eigenvalue weighted by Crippen LogP contribution is -2.32. The number of benzene rings is 1. The van der Waals surface area contributed by atoms with Crippen LogP contribution in [0.15, 0.2) is 30.5 Å². The lowest BCUT2D eigenvalue weighted by Gasteiger charge is -2.29. The maximum Gasteiger partial charge on any atom is 0.0457 e. The largest absolute Gasteiger partial charge is 0.361 e. The van der Waals surface area contributed by atoms with Crippen LogP contribution in [0.2, 0.25) is 0 Å². The van der Waals surface area contributed by atoms with Crippen LogP contribution in [0.25, 0.3) is 16.5 Å². The molecule has 3 heteroatoms. The number of hydrogen-bond donors (Lipinski definition) is 1. The quantitative estimate of drug-likeness (QED) is 0.933. The molecule has 1 aromatic carbocycles. The number of nitrogens with one attached hydrogen (secondary N) is 1. The molecule has 1 saturated heterocycles. The molecule has 4 rings (SSSR count). The van der Waals surface area contributed by atoms with Gasteiger partial charge in [0.1, 0.15) is 0 Å². The zero-order valence-corrected chi connectivity index (χ0v) is 14.3. The second kappa shape index (κ2) is 6.14. The molecule has 1 N–H and O–H groups in total. The molecule has 0 spiro atoms. The van der Waals surface area contributed by atoms with Gasteiger partial charge in [-0.1, -0.05) is 12.1 Å². The molecule has 2 aliphatic heterocycles. The predicted molar refractivity (Wildman–Crippen MR) is 97.7 cm³/mol. The number of nitrogens with zero attached hydrogens (tertiary/aromatic N) is 2. The van der Waals surface area contributed by atoms with Gasteiger partial charge in [-0.3, -0.25) is 4.90 Å². The van der Waals surface area contributed by atoms with E-state index in [1.165, 1.54) is 47.8 Å². The molecular weight excluding hydrogens is 282 g/mol. The third kappa shape index (κ3) is 2.96. The Labute approximate surface area is 139 Å². The Morgan fingerprint density at radius 3 is 3.09 bits per heavy atom. The lowest BCUT2D eigenvalue weighted by molar-refractivity contribution is 0.275. The molecule has 0 unspecified atom stereocenters. The number of H-pyrrole nitrogens is 1. The molecule has 122 valence electrons. The average Bonchev–Trinajstić information content (AvgIpc) is 3.18. The highest BCUT2D eigenvalue weighted by atomic mass is 15.2. The van der Waals surface area contributed by atoms with Crippen LogP contribution < -0.4 is 0 Å². The second-order valence-corrected chi connectivity index (χ2v) is 7.35. The topological polar surface area (TPSA) is 22.3 Å². The van der Waals surface area contributed by atoms with Crippen LogP contribution in [0.5, 0.6) is 0 Å². The van der Waals surface area contributed by atoms with E-state index in [0.29, 0.717) is 0 Å². The Hall–Kier alpha value is -1.58. The molecule has 1 atom stereocenters. The smallest absolute Gasteiger partial charge is 0.0457 e. The maximum atomic E-state index is 3.43. The van der Waals surface area contributed by atoms with Gasteiger partial charge >= 0.3 is 0 Å². The predicted octanol–water partition coefficient (Wildman–Crippen LogP) is 3.52. The molecule has 23 heavy (non-hydrogen) atoms. The summed E-state index contributed by atoms with van der Waals surface area (Å²) in [6, 6.07) is 7.74. The molecule has 1 fully saturated rings. The molecule has 0 radical (unpaired) electrons. The number of likely N-dealkylation sites (N-methyl/N-ethyl adjacent to an activating group) is 1. The van der Waals surface area contributed by atoms with Crippen molar-refractivity contribution in [3.8, 4) is 0 Å². The van der Waals surface area contributed by atoms with Gasteiger partial charge in [-0.15, -0.1) is 0 Å². The minimum Gasteiger partial charge on any atom is -0.361 e. The highest BCUT2D eigenvalue weighted by molar-refractivity contribution is 5.87. The lowest BCUT2D eigenvalue weighted by atomic mass is 9.93. The van der Waals surface area contributed by atoms with Crippen molar-refractivity contribution in [2.24, 2.45) is 0 Å². The normalized spacial score (nSPS) is 21.9. The van der Waals surface area contributed by atoms with Crippen molar-refractivity contribution in [3.05, 3.63) is 41.6 Å². The van der Waals surface area contributed by atoms with Crippen molar-refractivity contribution in [1.82, 2.24) is 14.8 Å². The number of rotatable bonds is 4. The van der Waals surface area contributed by atoms with E-state index in [9.17, 15) is 0 Å². The van der Waals surface area contributed by atoms with E-state index in [0.717, 1.165) is 25.6 Å². The van der Waals surface area contributed by atoms with E-state index < -0.39 is 0 Å². The van der Waals surface area contributed by atoms with Crippen molar-refractivity contribution in [3.63, 3.8) is 0 Å². The molecule has 2 aliphatic rings. The van der Waals surface area contributed by atoms with Crippen LogP contribution in [-0.2, 0) is 6.42 Å². The summed E-state index contributed by atoms with van der Waals surface area (Å²) in [6.45, 7) is 3.52. The summed E-state index contributed by atoms with van der Waals surface area (Å²) in [5.74, 6) is 0. The molecule has 1 aromatic heterocycles. The standard InChI is InChI=1S/C20H27N3/c1-22(2)10-7-17-14-21-20-6-5-15(13-19(17)20)16-8-11-23-9-3-4-18(23)12-16/h5-6,8,13-14,18,21H,3-4,7,9-12H2,1-2H3/t18-/m1/s1. The summed E-state index contributed by atoms with van der Waals surface area (Å²) in [6.07, 6.45) is 9.71. The average molecular weight is 309 g/mol. The SMILES string of the molecule is CN(C)CCc1c[nH]c2ccc(C3=CCN4CCC[C@@H]4C3)cc12. The summed E-state index contributed by atoms with van der Waals surface area (Å²) in [5.41, 5.74) is 5.68. The third-order valence-electron chi connectivity index (χ3n) is 5.49. The minimum atomic E-state index is 0.783. The van der Waals surface area contributed by atoms with Gasteiger partial charge in [0.2, 0.25) is 0 Å². The van der Waals surface area contributed by atoms with Crippen LogP contribution in [0.1, 0.15) is 30.4 Å². The first kappa shape index (κ1) is 15.0. The van der Waals surface area contributed by atoms with Gasteiger partial charge in [-0.2, -0.15) is 0 Å². The summed E-state index contributed by atoms with van der Waals surface area (Å²) in [5, 5.41) is 1.40. The molecule has 0 saturated carbocycles. The first-order valence-corrected chi connectivity index (χ1v) is 8.89. The van der Waals surface area contributed by atoms with Gasteiger partial charge in [0.25, 0.3) is 0 Å². The summed E-state index contributed by atoms with van der Waals surface area (Å²) >= 11 is 0. The Morgan fingerprint density at radius 2 is 2.22 bits per heavy atom. The van der Waals surface area contributed by atoms with Gasteiger partial charge in [-0.05, 0) is 75.2 Å². The fourth-order valence-electron chi connectivity index (χ4n) is 4.10. The molecule has 2 aromatic rings. The second-order valence-electron chi connectivity index (χ2n) is 7.35. The number of aromatic amines is 1. The molecule has 3 heterocycles. The minimum absolute atomic E-state index is 0.783. The zero-order chi connectivity index (χ0) is 15.8. The summed E-state index contributed by atoms with van der Waals surface area (Å²) in [7, 11) is 4.28. The van der Waals surface area contributed by atoms with Gasteiger partial charge in [-0.25, -0.2) is 0 Å². The molecule has 0 amide bonds. The van der Waals surface area contributed by atoms with Gasteiger partial charge in [0.15, 0.2) is 0 Å². The van der Waals surface area contributed by atoms with E-state index in [1.54, 1.807) is 5.57 Å². The van der Waals surface area contributed by atoms with Crippen LogP contribution in [0.4, 0.5) is 0 Å². The van der Waals surface area contributed by atoms with E-state index in [1.807, 2.05) is 0 Å². The fraction of sp³-hybridized carbons (Fsp3) is 0.500. The third-order valence-corrected chi connectivity index (χ3v) is 5.49. The van der Waals surface area contributed by atoms with Crippen molar-refractivity contribution >= 4 is 16.5 Å². The van der Waals surface area contributed by atoms with Crippen LogP contribution in [-0.4, -0.2) is 54.6 Å². The van der Waals surface area contributed by atoms with Crippen molar-refractivity contribution in [2.75, 3.05) is 33.7 Å². The van der Waals surface area contributed by atoms with Crippen LogP contribution in [0.3, 0.4) is 0 Å². The Balaban J connectivity index is 1.61. The number of fused-ring (bicyclic) bond motifs is 2.